The van der Waals surface area contributed by atoms with Crippen LogP contribution < -0.4 is 5.32 Å². The Morgan fingerprint density at radius 3 is 2.79 bits per heavy atom. The van der Waals surface area contributed by atoms with Gasteiger partial charge in [0.25, 0.3) is 5.91 Å². The average molecular weight is 407 g/mol. The van der Waals surface area contributed by atoms with Gasteiger partial charge in [0.05, 0.1) is 24.5 Å². The number of ether oxygens (including phenoxy) is 1. The van der Waals surface area contributed by atoms with Crippen LogP contribution in [0, 0.1) is 5.92 Å². The molecule has 1 N–H and O–H groups in total. The molecule has 1 aromatic carbocycles. The second kappa shape index (κ2) is 8.42. The molecule has 0 fully saturated rings. The second-order valence-corrected chi connectivity index (χ2v) is 9.05. The average Bonchev–Trinajstić information content (AvgIpc) is 3.04. The van der Waals surface area contributed by atoms with E-state index in [-0.39, 0.29) is 23.0 Å². The molecule has 3 rings (SSSR count). The van der Waals surface area contributed by atoms with Crippen LogP contribution in [0.3, 0.4) is 0 Å². The van der Waals surface area contributed by atoms with Crippen molar-refractivity contribution in [2.24, 2.45) is 5.92 Å². The Morgan fingerprint density at radius 2 is 2.07 bits per heavy atom. The number of nitrogens with one attached hydrogen (secondary N) is 1. The van der Waals surface area contributed by atoms with E-state index in [0.29, 0.717) is 37.0 Å². The van der Waals surface area contributed by atoms with Crippen molar-refractivity contribution in [2.45, 2.75) is 31.7 Å². The minimum atomic E-state index is -3.68. The third-order valence-corrected chi connectivity index (χ3v) is 6.59. The number of methoxy groups -OCH3 is 1. The molecule has 2 aromatic rings. The summed E-state index contributed by atoms with van der Waals surface area (Å²) in [6.07, 6.45) is 2.24. The first-order valence-electron chi connectivity index (χ1n) is 9.29. The van der Waals surface area contributed by atoms with Crippen molar-refractivity contribution in [3.8, 4) is 5.69 Å². The summed E-state index contributed by atoms with van der Waals surface area (Å²) in [4.78, 5) is 17.1. The molecule has 9 heteroatoms. The van der Waals surface area contributed by atoms with Gasteiger partial charge in [0.2, 0.25) is 10.0 Å². The normalized spacial score (nSPS) is 15.7. The summed E-state index contributed by atoms with van der Waals surface area (Å²) in [5.74, 6) is 0.0156. The van der Waals surface area contributed by atoms with E-state index in [1.54, 1.807) is 35.9 Å². The van der Waals surface area contributed by atoms with Crippen LogP contribution in [-0.2, 0) is 21.3 Å². The monoisotopic (exact) mass is 406 g/mol. The summed E-state index contributed by atoms with van der Waals surface area (Å²) in [6.45, 7) is 5.32. The zero-order valence-corrected chi connectivity index (χ0v) is 17.2. The maximum atomic E-state index is 13.3. The molecule has 1 aliphatic heterocycles. The van der Waals surface area contributed by atoms with Crippen molar-refractivity contribution >= 4 is 15.9 Å². The van der Waals surface area contributed by atoms with E-state index >= 15 is 0 Å². The molecular formula is C19H26N4O4S. The number of rotatable bonds is 7. The Morgan fingerprint density at radius 1 is 1.32 bits per heavy atom. The molecule has 1 amide bonds. The van der Waals surface area contributed by atoms with E-state index < -0.39 is 10.0 Å². The Hall–Kier alpha value is -2.23. The number of para-hydroxylation sites is 1. The maximum absolute atomic E-state index is 13.3. The van der Waals surface area contributed by atoms with E-state index in [4.69, 9.17) is 4.74 Å². The lowest BCUT2D eigenvalue weighted by molar-refractivity contribution is 0.0931. The SMILES string of the molecule is COCCNC(=O)c1ncn2c1CN(CCC(C)C)S(=O)(=O)c1ccccc1-2. The first kappa shape index (κ1) is 20.5. The molecular weight excluding hydrogens is 380 g/mol. The summed E-state index contributed by atoms with van der Waals surface area (Å²) < 4.78 is 34.6. The van der Waals surface area contributed by atoms with Gasteiger partial charge >= 0.3 is 0 Å². The third kappa shape index (κ3) is 3.96. The lowest BCUT2D eigenvalue weighted by atomic mass is 10.1. The number of carbonyl (C=O) groups excluding carboxylic acids is 1. The number of imidazole rings is 1. The fraction of sp³-hybridized carbons (Fsp3) is 0.474. The Kier molecular flexibility index (Phi) is 6.17. The number of aromatic nitrogens is 2. The van der Waals surface area contributed by atoms with E-state index in [0.717, 1.165) is 6.42 Å². The van der Waals surface area contributed by atoms with Crippen LogP contribution in [0.5, 0.6) is 0 Å². The molecule has 0 atom stereocenters. The summed E-state index contributed by atoms with van der Waals surface area (Å²) >= 11 is 0. The van der Waals surface area contributed by atoms with Crippen molar-refractivity contribution in [2.75, 3.05) is 26.8 Å². The van der Waals surface area contributed by atoms with Crippen LogP contribution in [0.15, 0.2) is 35.5 Å². The van der Waals surface area contributed by atoms with Crippen molar-refractivity contribution in [3.63, 3.8) is 0 Å². The molecule has 28 heavy (non-hydrogen) atoms. The minimum absolute atomic E-state index is 0.0940. The molecule has 8 nitrogen and oxygen atoms in total. The van der Waals surface area contributed by atoms with Gasteiger partial charge in [-0.2, -0.15) is 4.31 Å². The van der Waals surface area contributed by atoms with Crippen molar-refractivity contribution in [1.29, 1.82) is 0 Å². The number of hydrogen-bond donors (Lipinski definition) is 1. The summed E-state index contributed by atoms with van der Waals surface area (Å²) in [5, 5.41) is 2.76. The fourth-order valence-electron chi connectivity index (χ4n) is 3.14. The van der Waals surface area contributed by atoms with E-state index in [1.165, 1.54) is 10.6 Å². The van der Waals surface area contributed by atoms with Gasteiger partial charge < -0.3 is 10.1 Å². The highest BCUT2D eigenvalue weighted by molar-refractivity contribution is 7.89. The number of amides is 1. The van der Waals surface area contributed by atoms with Gasteiger partial charge in [-0.1, -0.05) is 26.0 Å². The molecule has 0 aliphatic carbocycles. The van der Waals surface area contributed by atoms with Gasteiger partial charge in [-0.3, -0.25) is 9.36 Å². The highest BCUT2D eigenvalue weighted by Gasteiger charge is 2.34. The second-order valence-electron chi connectivity index (χ2n) is 7.15. The lowest BCUT2D eigenvalue weighted by Crippen LogP contribution is -2.33. The lowest BCUT2D eigenvalue weighted by Gasteiger charge is -2.21. The molecule has 0 bridgehead atoms. The predicted octanol–water partition coefficient (Wildman–Crippen LogP) is 1.80. The molecule has 152 valence electrons. The Labute approximate surface area is 165 Å². The van der Waals surface area contributed by atoms with Crippen molar-refractivity contribution in [1.82, 2.24) is 19.2 Å². The standard InChI is InChI=1S/C19H26N4O4S/c1-14(2)8-10-22-12-16-18(19(24)20-9-11-27-3)21-13-23(16)15-6-4-5-7-17(15)28(22,25)26/h4-7,13-14H,8-12H2,1-3H3,(H,20,24). The molecule has 0 radical (unpaired) electrons. The van der Waals surface area contributed by atoms with Gasteiger partial charge in [-0.15, -0.1) is 0 Å². The highest BCUT2D eigenvalue weighted by atomic mass is 32.2. The molecule has 1 aromatic heterocycles. The predicted molar refractivity (Wildman–Crippen MR) is 105 cm³/mol. The van der Waals surface area contributed by atoms with Gasteiger partial charge in [0.15, 0.2) is 5.69 Å². The topological polar surface area (TPSA) is 93.5 Å². The fourth-order valence-corrected chi connectivity index (χ4v) is 4.74. The Balaban J connectivity index is 2.05. The number of sulfonamides is 1. The minimum Gasteiger partial charge on any atom is -0.383 e. The number of carbonyl (C=O) groups is 1. The molecule has 0 saturated carbocycles. The van der Waals surface area contributed by atoms with E-state index in [2.05, 4.69) is 24.1 Å². The van der Waals surface area contributed by atoms with Gasteiger partial charge in [-0.05, 0) is 24.5 Å². The zero-order chi connectivity index (χ0) is 20.3. The van der Waals surface area contributed by atoms with Gasteiger partial charge in [-0.25, -0.2) is 13.4 Å². The van der Waals surface area contributed by atoms with Crippen LogP contribution in [-0.4, -0.2) is 55.0 Å². The van der Waals surface area contributed by atoms with Crippen molar-refractivity contribution < 1.29 is 17.9 Å². The molecule has 1 aliphatic rings. The summed E-state index contributed by atoms with van der Waals surface area (Å²) in [5.41, 5.74) is 1.30. The van der Waals surface area contributed by atoms with Crippen LogP contribution in [0.1, 0.15) is 36.5 Å². The summed E-state index contributed by atoms with van der Waals surface area (Å²) in [6, 6.07) is 6.81. The smallest absolute Gasteiger partial charge is 0.271 e. The summed E-state index contributed by atoms with van der Waals surface area (Å²) in [7, 11) is -2.12. The van der Waals surface area contributed by atoms with Crippen LogP contribution >= 0.6 is 0 Å². The maximum Gasteiger partial charge on any atom is 0.271 e. The first-order chi connectivity index (χ1) is 13.4. The van der Waals surface area contributed by atoms with Crippen LogP contribution in [0.4, 0.5) is 0 Å². The number of benzene rings is 1. The van der Waals surface area contributed by atoms with Crippen LogP contribution in [0.25, 0.3) is 5.69 Å². The quantitative estimate of drug-likeness (QED) is 0.708. The molecule has 2 heterocycles. The number of fused-ring (bicyclic) bond motifs is 3. The van der Waals surface area contributed by atoms with Crippen LogP contribution in [0.2, 0.25) is 0 Å². The molecule has 0 unspecified atom stereocenters. The van der Waals surface area contributed by atoms with E-state index in [1.807, 2.05) is 0 Å². The van der Waals surface area contributed by atoms with Crippen molar-refractivity contribution in [3.05, 3.63) is 42.0 Å². The zero-order valence-electron chi connectivity index (χ0n) is 16.4. The number of hydrogen-bond acceptors (Lipinski definition) is 5. The highest BCUT2D eigenvalue weighted by Crippen LogP contribution is 2.31. The third-order valence-electron chi connectivity index (χ3n) is 4.70. The number of nitrogens with zero attached hydrogens (tertiary/aromatic N) is 3. The van der Waals surface area contributed by atoms with E-state index in [9.17, 15) is 13.2 Å². The first-order valence-corrected chi connectivity index (χ1v) is 10.7. The van der Waals surface area contributed by atoms with Gasteiger partial charge in [0.1, 0.15) is 11.2 Å². The largest absolute Gasteiger partial charge is 0.383 e. The molecule has 0 spiro atoms. The molecule has 0 saturated heterocycles. The van der Waals surface area contributed by atoms with Gasteiger partial charge in [0, 0.05) is 20.2 Å². The Bertz CT molecular complexity index is 953.